The molecule has 0 radical (unpaired) electrons. The Morgan fingerprint density at radius 3 is 2.62 bits per heavy atom. The lowest BCUT2D eigenvalue weighted by Gasteiger charge is -2.14. The molecule has 0 saturated carbocycles. The van der Waals surface area contributed by atoms with E-state index in [-0.39, 0.29) is 23.5 Å². The summed E-state index contributed by atoms with van der Waals surface area (Å²) in [7, 11) is -3.47. The molecule has 0 saturated heterocycles. The number of sulfonamides is 1. The summed E-state index contributed by atoms with van der Waals surface area (Å²) in [6.07, 6.45) is 0.363. The van der Waals surface area contributed by atoms with Gasteiger partial charge in [-0.15, -0.1) is 11.6 Å². The molecule has 0 heterocycles. The summed E-state index contributed by atoms with van der Waals surface area (Å²) < 4.78 is 26.7. The molecule has 1 rings (SSSR count). The lowest BCUT2D eigenvalue weighted by molar-refractivity contribution is -0.115. The third-order valence-corrected chi connectivity index (χ3v) is 4.94. The number of aryl methyl sites for hydroxylation is 1. The SMILES string of the molecule is CCC(=O)Nc1ccc(C)c(NS(=O)(=O)CC(C)CCl)c1. The standard InChI is InChI=1S/C14H21ClN2O3S/c1-4-14(18)16-12-6-5-11(3)13(7-12)17-21(19,20)9-10(2)8-15/h5-7,10,17H,4,8-9H2,1-3H3,(H,16,18). The quantitative estimate of drug-likeness (QED) is 0.754. The van der Waals surface area contributed by atoms with E-state index >= 15 is 0 Å². The summed E-state index contributed by atoms with van der Waals surface area (Å²) in [5.74, 6) is -0.00980. The van der Waals surface area contributed by atoms with Crippen molar-refractivity contribution in [2.45, 2.75) is 27.2 Å². The van der Waals surface area contributed by atoms with Gasteiger partial charge in [-0.3, -0.25) is 9.52 Å². The van der Waals surface area contributed by atoms with Gasteiger partial charge in [-0.2, -0.15) is 0 Å². The predicted molar refractivity (Wildman–Crippen MR) is 87.4 cm³/mol. The zero-order valence-electron chi connectivity index (χ0n) is 12.4. The number of nitrogens with one attached hydrogen (secondary N) is 2. The number of anilines is 2. The average Bonchev–Trinajstić information content (AvgIpc) is 2.41. The summed E-state index contributed by atoms with van der Waals surface area (Å²) in [4.78, 5) is 11.4. The van der Waals surface area contributed by atoms with Crippen LogP contribution in [0.4, 0.5) is 11.4 Å². The Morgan fingerprint density at radius 2 is 2.05 bits per heavy atom. The smallest absolute Gasteiger partial charge is 0.233 e. The van der Waals surface area contributed by atoms with Crippen molar-refractivity contribution in [3.63, 3.8) is 0 Å². The molecule has 1 unspecified atom stereocenters. The first kappa shape index (κ1) is 17.8. The van der Waals surface area contributed by atoms with E-state index < -0.39 is 10.0 Å². The number of rotatable bonds is 7. The Balaban J connectivity index is 2.92. The van der Waals surface area contributed by atoms with E-state index in [9.17, 15) is 13.2 Å². The first-order valence-electron chi connectivity index (χ1n) is 6.74. The van der Waals surface area contributed by atoms with Gasteiger partial charge in [0.25, 0.3) is 0 Å². The Bertz CT molecular complexity index is 602. The Morgan fingerprint density at radius 1 is 1.38 bits per heavy atom. The maximum atomic E-state index is 12.1. The Labute approximate surface area is 131 Å². The number of hydrogen-bond donors (Lipinski definition) is 2. The Hall–Kier alpha value is -1.27. The molecule has 0 fully saturated rings. The zero-order chi connectivity index (χ0) is 16.0. The van der Waals surface area contributed by atoms with Crippen molar-refractivity contribution in [1.82, 2.24) is 0 Å². The van der Waals surface area contributed by atoms with Crippen molar-refractivity contribution >= 4 is 38.9 Å². The van der Waals surface area contributed by atoms with Crippen LogP contribution in [0.25, 0.3) is 0 Å². The van der Waals surface area contributed by atoms with Crippen molar-refractivity contribution in [1.29, 1.82) is 0 Å². The molecule has 0 aliphatic carbocycles. The third kappa shape index (κ3) is 5.93. The summed E-state index contributed by atoms with van der Waals surface area (Å²) in [5.41, 5.74) is 1.81. The normalized spacial score (nSPS) is 12.8. The number of hydrogen-bond acceptors (Lipinski definition) is 3. The van der Waals surface area contributed by atoms with Crippen molar-refractivity contribution < 1.29 is 13.2 Å². The monoisotopic (exact) mass is 332 g/mol. The highest BCUT2D eigenvalue weighted by Gasteiger charge is 2.16. The van der Waals surface area contributed by atoms with Crippen LogP contribution in [0.15, 0.2) is 18.2 Å². The molecule has 1 atom stereocenters. The van der Waals surface area contributed by atoms with Crippen molar-refractivity contribution in [3.8, 4) is 0 Å². The molecule has 118 valence electrons. The summed E-state index contributed by atoms with van der Waals surface area (Å²) in [5, 5.41) is 2.70. The number of carbonyl (C=O) groups is 1. The molecule has 1 aromatic rings. The van der Waals surface area contributed by atoms with E-state index in [1.54, 1.807) is 39.0 Å². The van der Waals surface area contributed by atoms with E-state index in [0.29, 0.717) is 17.8 Å². The molecule has 0 aromatic heterocycles. The van der Waals surface area contributed by atoms with Crippen LogP contribution in [0.1, 0.15) is 25.8 Å². The van der Waals surface area contributed by atoms with Gasteiger partial charge in [0.15, 0.2) is 0 Å². The maximum absolute atomic E-state index is 12.1. The second-order valence-electron chi connectivity index (χ2n) is 5.07. The van der Waals surface area contributed by atoms with Gasteiger partial charge in [-0.25, -0.2) is 8.42 Å². The van der Waals surface area contributed by atoms with Gasteiger partial charge in [-0.05, 0) is 30.5 Å². The molecule has 0 spiro atoms. The minimum atomic E-state index is -3.47. The summed E-state index contributed by atoms with van der Waals surface area (Å²) in [6.45, 7) is 5.33. The van der Waals surface area contributed by atoms with E-state index in [1.165, 1.54) is 0 Å². The zero-order valence-corrected chi connectivity index (χ0v) is 14.0. The van der Waals surface area contributed by atoms with Crippen molar-refractivity contribution in [2.24, 2.45) is 5.92 Å². The second-order valence-corrected chi connectivity index (χ2v) is 7.15. The van der Waals surface area contributed by atoms with Crippen LogP contribution in [0.2, 0.25) is 0 Å². The van der Waals surface area contributed by atoms with Gasteiger partial charge in [0.2, 0.25) is 15.9 Å². The van der Waals surface area contributed by atoms with Crippen molar-refractivity contribution in [2.75, 3.05) is 21.7 Å². The van der Waals surface area contributed by atoms with Crippen molar-refractivity contribution in [3.05, 3.63) is 23.8 Å². The van der Waals surface area contributed by atoms with Crippen LogP contribution >= 0.6 is 11.6 Å². The lowest BCUT2D eigenvalue weighted by Crippen LogP contribution is -2.22. The number of carbonyl (C=O) groups excluding carboxylic acids is 1. The highest BCUT2D eigenvalue weighted by Crippen LogP contribution is 2.22. The van der Waals surface area contributed by atoms with Gasteiger partial charge >= 0.3 is 0 Å². The predicted octanol–water partition coefficient (Wildman–Crippen LogP) is 2.96. The molecular formula is C14H21ClN2O3S. The van der Waals surface area contributed by atoms with Gasteiger partial charge in [0, 0.05) is 18.0 Å². The minimum absolute atomic E-state index is 0.0402. The topological polar surface area (TPSA) is 75.3 Å². The van der Waals surface area contributed by atoms with Gasteiger partial charge in [-0.1, -0.05) is 19.9 Å². The molecule has 0 aliphatic heterocycles. The van der Waals surface area contributed by atoms with Crippen LogP contribution in [0.3, 0.4) is 0 Å². The molecule has 0 aliphatic rings. The van der Waals surface area contributed by atoms with E-state index in [2.05, 4.69) is 10.0 Å². The number of alkyl halides is 1. The first-order chi connectivity index (χ1) is 9.77. The Kier molecular flexibility index (Phi) is 6.48. The number of benzene rings is 1. The largest absolute Gasteiger partial charge is 0.326 e. The number of amides is 1. The minimum Gasteiger partial charge on any atom is -0.326 e. The molecule has 0 bridgehead atoms. The summed E-state index contributed by atoms with van der Waals surface area (Å²) in [6, 6.07) is 5.11. The summed E-state index contributed by atoms with van der Waals surface area (Å²) >= 11 is 5.65. The van der Waals surface area contributed by atoms with Crippen LogP contribution in [-0.2, 0) is 14.8 Å². The van der Waals surface area contributed by atoms with Gasteiger partial charge < -0.3 is 5.32 Å². The fourth-order valence-electron chi connectivity index (χ4n) is 1.69. The third-order valence-electron chi connectivity index (χ3n) is 2.88. The molecule has 1 aromatic carbocycles. The highest BCUT2D eigenvalue weighted by molar-refractivity contribution is 7.92. The van der Waals surface area contributed by atoms with Gasteiger partial charge in [0.05, 0.1) is 11.4 Å². The average molecular weight is 333 g/mol. The van der Waals surface area contributed by atoms with Crippen LogP contribution in [0, 0.1) is 12.8 Å². The molecular weight excluding hydrogens is 312 g/mol. The molecule has 21 heavy (non-hydrogen) atoms. The van der Waals surface area contributed by atoms with Crippen LogP contribution < -0.4 is 10.0 Å². The second kappa shape index (κ2) is 7.66. The van der Waals surface area contributed by atoms with Gasteiger partial charge in [0.1, 0.15) is 0 Å². The molecule has 1 amide bonds. The first-order valence-corrected chi connectivity index (χ1v) is 8.93. The lowest BCUT2D eigenvalue weighted by atomic mass is 10.2. The van der Waals surface area contributed by atoms with Crippen LogP contribution in [-0.4, -0.2) is 26.0 Å². The fraction of sp³-hybridized carbons (Fsp3) is 0.500. The maximum Gasteiger partial charge on any atom is 0.233 e. The molecule has 7 heteroatoms. The molecule has 5 nitrogen and oxygen atoms in total. The number of halogens is 1. The highest BCUT2D eigenvalue weighted by atomic mass is 35.5. The fourth-order valence-corrected chi connectivity index (χ4v) is 3.43. The van der Waals surface area contributed by atoms with E-state index in [1.807, 2.05) is 0 Å². The van der Waals surface area contributed by atoms with E-state index in [4.69, 9.17) is 11.6 Å². The van der Waals surface area contributed by atoms with Crippen LogP contribution in [0.5, 0.6) is 0 Å². The van der Waals surface area contributed by atoms with E-state index in [0.717, 1.165) is 5.56 Å². The molecule has 2 N–H and O–H groups in total.